The van der Waals surface area contributed by atoms with Gasteiger partial charge in [-0.1, -0.05) is 30.3 Å². The fraction of sp³-hybridized carbons (Fsp3) is 0.0667. The maximum absolute atomic E-state index is 13.7. The monoisotopic (exact) mass is 287 g/mol. The molecular formula is C15H11F2N3O. The zero-order chi connectivity index (χ0) is 14.8. The first-order chi connectivity index (χ1) is 10.1. The van der Waals surface area contributed by atoms with Gasteiger partial charge < -0.3 is 10.2 Å². The van der Waals surface area contributed by atoms with Crippen LogP contribution in [0.3, 0.4) is 0 Å². The molecule has 1 heterocycles. The van der Waals surface area contributed by atoms with E-state index in [4.69, 9.17) is 10.2 Å². The summed E-state index contributed by atoms with van der Waals surface area (Å²) in [6.45, 7) is 0. The van der Waals surface area contributed by atoms with Crippen molar-refractivity contribution in [2.75, 3.05) is 0 Å². The lowest BCUT2D eigenvalue weighted by Crippen LogP contribution is -2.11. The third kappa shape index (κ3) is 2.66. The molecule has 1 unspecified atom stereocenters. The zero-order valence-electron chi connectivity index (χ0n) is 10.8. The Labute approximate surface area is 119 Å². The van der Waals surface area contributed by atoms with Crippen molar-refractivity contribution in [2.45, 2.75) is 6.04 Å². The van der Waals surface area contributed by atoms with Gasteiger partial charge in [-0.25, -0.2) is 8.78 Å². The molecule has 106 valence electrons. The average Bonchev–Trinajstić information content (AvgIpc) is 2.97. The minimum Gasteiger partial charge on any atom is -0.418 e. The SMILES string of the molecule is NC(c1ccccc1)c1nnc(-c2ccc(F)cc2F)o1. The van der Waals surface area contributed by atoms with Gasteiger partial charge in [-0.2, -0.15) is 0 Å². The van der Waals surface area contributed by atoms with E-state index in [2.05, 4.69) is 10.2 Å². The second kappa shape index (κ2) is 5.41. The van der Waals surface area contributed by atoms with Crippen LogP contribution in [0.25, 0.3) is 11.5 Å². The van der Waals surface area contributed by atoms with E-state index in [1.54, 1.807) is 0 Å². The second-order valence-electron chi connectivity index (χ2n) is 4.46. The summed E-state index contributed by atoms with van der Waals surface area (Å²) >= 11 is 0. The molecule has 0 aliphatic heterocycles. The molecule has 0 spiro atoms. The van der Waals surface area contributed by atoms with Crippen LogP contribution in [-0.4, -0.2) is 10.2 Å². The summed E-state index contributed by atoms with van der Waals surface area (Å²) in [5, 5.41) is 7.59. The summed E-state index contributed by atoms with van der Waals surface area (Å²) in [7, 11) is 0. The second-order valence-corrected chi connectivity index (χ2v) is 4.46. The van der Waals surface area contributed by atoms with E-state index in [0.29, 0.717) is 0 Å². The topological polar surface area (TPSA) is 64.9 Å². The largest absolute Gasteiger partial charge is 0.418 e. The van der Waals surface area contributed by atoms with Crippen molar-refractivity contribution < 1.29 is 13.2 Å². The first-order valence-electron chi connectivity index (χ1n) is 6.24. The lowest BCUT2D eigenvalue weighted by atomic mass is 10.1. The molecule has 3 rings (SSSR count). The molecule has 4 nitrogen and oxygen atoms in total. The maximum Gasteiger partial charge on any atom is 0.250 e. The van der Waals surface area contributed by atoms with E-state index in [9.17, 15) is 8.78 Å². The molecule has 2 N–H and O–H groups in total. The van der Waals surface area contributed by atoms with Gasteiger partial charge in [0.25, 0.3) is 5.89 Å². The van der Waals surface area contributed by atoms with E-state index in [0.717, 1.165) is 17.7 Å². The molecule has 6 heteroatoms. The first kappa shape index (κ1) is 13.4. The Morgan fingerprint density at radius 2 is 1.76 bits per heavy atom. The Morgan fingerprint density at radius 1 is 1.00 bits per heavy atom. The van der Waals surface area contributed by atoms with Crippen molar-refractivity contribution in [1.29, 1.82) is 0 Å². The van der Waals surface area contributed by atoms with Gasteiger partial charge in [0.05, 0.1) is 5.56 Å². The zero-order valence-corrected chi connectivity index (χ0v) is 10.8. The van der Waals surface area contributed by atoms with Crippen molar-refractivity contribution in [1.82, 2.24) is 10.2 Å². The summed E-state index contributed by atoms with van der Waals surface area (Å²) in [4.78, 5) is 0. The minimum atomic E-state index is -0.765. The van der Waals surface area contributed by atoms with Crippen molar-refractivity contribution in [3.05, 3.63) is 71.6 Å². The molecule has 0 aliphatic carbocycles. The number of aromatic nitrogens is 2. The fourth-order valence-electron chi connectivity index (χ4n) is 1.93. The standard InChI is InChI=1S/C15H11F2N3O/c16-10-6-7-11(12(17)8-10)14-19-20-15(21-14)13(18)9-4-2-1-3-5-9/h1-8,13H,18H2. The van der Waals surface area contributed by atoms with Gasteiger partial charge in [0.15, 0.2) is 0 Å². The summed E-state index contributed by atoms with van der Waals surface area (Å²) in [5.41, 5.74) is 6.86. The fourth-order valence-corrected chi connectivity index (χ4v) is 1.93. The van der Waals surface area contributed by atoms with E-state index >= 15 is 0 Å². The van der Waals surface area contributed by atoms with E-state index < -0.39 is 17.7 Å². The average molecular weight is 287 g/mol. The van der Waals surface area contributed by atoms with Crippen LogP contribution in [-0.2, 0) is 0 Å². The normalized spacial score (nSPS) is 12.3. The number of hydrogen-bond donors (Lipinski definition) is 1. The van der Waals surface area contributed by atoms with Gasteiger partial charge in [-0.3, -0.25) is 0 Å². The van der Waals surface area contributed by atoms with Crippen molar-refractivity contribution in [2.24, 2.45) is 5.73 Å². The molecule has 0 radical (unpaired) electrons. The molecule has 0 bridgehead atoms. The minimum absolute atomic E-state index is 0.0334. The Bertz CT molecular complexity index is 759. The lowest BCUT2D eigenvalue weighted by Gasteiger charge is -2.06. The van der Waals surface area contributed by atoms with Gasteiger partial charge >= 0.3 is 0 Å². The van der Waals surface area contributed by atoms with Crippen LogP contribution in [0.5, 0.6) is 0 Å². The number of hydrogen-bond acceptors (Lipinski definition) is 4. The summed E-state index contributed by atoms with van der Waals surface area (Å²) in [5.74, 6) is -1.30. The highest BCUT2D eigenvalue weighted by atomic mass is 19.1. The van der Waals surface area contributed by atoms with Crippen LogP contribution >= 0.6 is 0 Å². The van der Waals surface area contributed by atoms with E-state index in [-0.39, 0.29) is 17.3 Å². The highest BCUT2D eigenvalue weighted by molar-refractivity contribution is 5.53. The van der Waals surface area contributed by atoms with Crippen molar-refractivity contribution in [3.8, 4) is 11.5 Å². The number of nitrogens with two attached hydrogens (primary N) is 1. The molecule has 1 aromatic heterocycles. The molecule has 0 fully saturated rings. The van der Waals surface area contributed by atoms with Crippen LogP contribution < -0.4 is 5.73 Å². The summed E-state index contributed by atoms with van der Waals surface area (Å²) < 4.78 is 32.0. The summed E-state index contributed by atoms with van der Waals surface area (Å²) in [6.07, 6.45) is 0. The highest BCUT2D eigenvalue weighted by Gasteiger charge is 2.19. The van der Waals surface area contributed by atoms with Crippen LogP contribution in [0, 0.1) is 11.6 Å². The van der Waals surface area contributed by atoms with E-state index in [1.165, 1.54) is 6.07 Å². The molecular weight excluding hydrogens is 276 g/mol. The van der Waals surface area contributed by atoms with Crippen molar-refractivity contribution in [3.63, 3.8) is 0 Å². The van der Waals surface area contributed by atoms with Gasteiger partial charge in [-0.05, 0) is 17.7 Å². The third-order valence-corrected chi connectivity index (χ3v) is 3.03. The smallest absolute Gasteiger partial charge is 0.250 e. The predicted octanol–water partition coefficient (Wildman–Crippen LogP) is 3.06. The number of nitrogens with zero attached hydrogens (tertiary/aromatic N) is 2. The molecule has 0 amide bonds. The van der Waals surface area contributed by atoms with Crippen molar-refractivity contribution >= 4 is 0 Å². The molecule has 3 aromatic rings. The van der Waals surface area contributed by atoms with Gasteiger partial charge in [0.1, 0.15) is 17.7 Å². The number of rotatable bonds is 3. The number of halogens is 2. The van der Waals surface area contributed by atoms with Gasteiger partial charge in [0.2, 0.25) is 5.89 Å². The van der Waals surface area contributed by atoms with Gasteiger partial charge in [-0.15, -0.1) is 10.2 Å². The lowest BCUT2D eigenvalue weighted by molar-refractivity contribution is 0.480. The Kier molecular flexibility index (Phi) is 3.45. The maximum atomic E-state index is 13.7. The van der Waals surface area contributed by atoms with E-state index in [1.807, 2.05) is 30.3 Å². The Morgan fingerprint density at radius 3 is 2.48 bits per heavy atom. The highest BCUT2D eigenvalue weighted by Crippen LogP contribution is 2.25. The van der Waals surface area contributed by atoms with Crippen LogP contribution in [0.4, 0.5) is 8.78 Å². The number of benzene rings is 2. The Hall–Kier alpha value is -2.60. The Balaban J connectivity index is 1.93. The summed E-state index contributed by atoms with van der Waals surface area (Å²) in [6, 6.07) is 11.7. The molecule has 0 saturated carbocycles. The molecule has 1 atom stereocenters. The molecule has 0 saturated heterocycles. The third-order valence-electron chi connectivity index (χ3n) is 3.03. The first-order valence-corrected chi connectivity index (χ1v) is 6.24. The van der Waals surface area contributed by atoms with Crippen LogP contribution in [0.2, 0.25) is 0 Å². The van der Waals surface area contributed by atoms with Crippen LogP contribution in [0.1, 0.15) is 17.5 Å². The quantitative estimate of drug-likeness (QED) is 0.804. The molecule has 21 heavy (non-hydrogen) atoms. The van der Waals surface area contributed by atoms with Gasteiger partial charge in [0, 0.05) is 6.07 Å². The molecule has 0 aliphatic rings. The predicted molar refractivity (Wildman–Crippen MR) is 72.1 cm³/mol. The van der Waals surface area contributed by atoms with Crippen LogP contribution in [0.15, 0.2) is 52.9 Å². The molecule has 2 aromatic carbocycles.